The maximum absolute atomic E-state index is 11.4. The number of nitrogens with one attached hydrogen (secondary N) is 1. The maximum atomic E-state index is 11.4. The Morgan fingerprint density at radius 1 is 1.05 bits per heavy atom. The summed E-state index contributed by atoms with van der Waals surface area (Å²) >= 11 is 0. The zero-order valence-corrected chi connectivity index (χ0v) is 12.2. The summed E-state index contributed by atoms with van der Waals surface area (Å²) in [6, 6.07) is 14.7. The molecule has 0 saturated carbocycles. The Kier molecular flexibility index (Phi) is 5.09. The van der Waals surface area contributed by atoms with Crippen molar-refractivity contribution < 1.29 is 14.7 Å². The molecule has 2 aromatic rings. The number of rotatable bonds is 5. The summed E-state index contributed by atoms with van der Waals surface area (Å²) in [7, 11) is 0. The highest BCUT2D eigenvalue weighted by molar-refractivity contribution is 6.01. The first-order valence-electron chi connectivity index (χ1n) is 7.00. The fraction of sp³-hybridized carbons (Fsp3) is 0.111. The molecule has 4 heteroatoms. The molecule has 0 aliphatic heterocycles. The van der Waals surface area contributed by atoms with Crippen molar-refractivity contribution in [3.8, 4) is 0 Å². The van der Waals surface area contributed by atoms with E-state index in [1.165, 1.54) is 0 Å². The van der Waals surface area contributed by atoms with Gasteiger partial charge in [0.1, 0.15) is 0 Å². The van der Waals surface area contributed by atoms with E-state index in [0.29, 0.717) is 12.1 Å². The van der Waals surface area contributed by atoms with E-state index in [-0.39, 0.29) is 11.5 Å². The molecule has 0 aromatic heterocycles. The average Bonchev–Trinajstić information content (AvgIpc) is 2.54. The van der Waals surface area contributed by atoms with Gasteiger partial charge >= 0.3 is 5.97 Å². The lowest BCUT2D eigenvalue weighted by molar-refractivity contribution is -0.115. The Labute approximate surface area is 129 Å². The molecule has 0 aliphatic carbocycles. The van der Waals surface area contributed by atoms with Crippen LogP contribution in [0.1, 0.15) is 34.8 Å². The summed E-state index contributed by atoms with van der Waals surface area (Å²) in [6.07, 6.45) is 4.05. The molecule has 2 aromatic carbocycles. The molecule has 4 nitrogen and oxygen atoms in total. The van der Waals surface area contributed by atoms with Crippen LogP contribution in [0.5, 0.6) is 0 Å². The number of aromatic carboxylic acids is 1. The van der Waals surface area contributed by atoms with Crippen LogP contribution in [-0.4, -0.2) is 17.0 Å². The largest absolute Gasteiger partial charge is 0.478 e. The van der Waals surface area contributed by atoms with Crippen molar-refractivity contribution in [2.24, 2.45) is 0 Å². The van der Waals surface area contributed by atoms with Crippen LogP contribution in [0.3, 0.4) is 0 Å². The topological polar surface area (TPSA) is 66.4 Å². The third-order valence-electron chi connectivity index (χ3n) is 3.14. The van der Waals surface area contributed by atoms with Crippen LogP contribution in [0.25, 0.3) is 12.2 Å². The molecule has 0 heterocycles. The van der Waals surface area contributed by atoms with Crippen LogP contribution < -0.4 is 5.32 Å². The van der Waals surface area contributed by atoms with E-state index in [1.807, 2.05) is 42.5 Å². The lowest BCUT2D eigenvalue weighted by Crippen LogP contribution is -2.13. The smallest absolute Gasteiger partial charge is 0.337 e. The molecule has 0 fully saturated rings. The molecule has 0 saturated heterocycles. The molecular formula is C18H17NO3. The van der Waals surface area contributed by atoms with Crippen LogP contribution in [0.15, 0.2) is 48.5 Å². The Morgan fingerprint density at radius 2 is 1.73 bits per heavy atom. The first kappa shape index (κ1) is 15.5. The van der Waals surface area contributed by atoms with Gasteiger partial charge in [0, 0.05) is 6.42 Å². The molecular weight excluding hydrogens is 278 g/mol. The maximum Gasteiger partial charge on any atom is 0.337 e. The first-order valence-corrected chi connectivity index (χ1v) is 7.00. The van der Waals surface area contributed by atoms with Gasteiger partial charge in [-0.1, -0.05) is 55.5 Å². The van der Waals surface area contributed by atoms with Gasteiger partial charge in [-0.2, -0.15) is 0 Å². The molecule has 0 unspecified atom stereocenters. The fourth-order valence-corrected chi connectivity index (χ4v) is 1.95. The number of benzene rings is 2. The summed E-state index contributed by atoms with van der Waals surface area (Å²) in [5.41, 5.74) is 2.19. The van der Waals surface area contributed by atoms with Gasteiger partial charge in [0.15, 0.2) is 0 Å². The van der Waals surface area contributed by atoms with Crippen molar-refractivity contribution in [3.05, 3.63) is 65.2 Å². The van der Waals surface area contributed by atoms with Gasteiger partial charge in [-0.15, -0.1) is 0 Å². The lowest BCUT2D eigenvalue weighted by Gasteiger charge is -2.08. The van der Waals surface area contributed by atoms with Crippen molar-refractivity contribution in [2.45, 2.75) is 13.3 Å². The molecule has 0 atom stereocenters. The van der Waals surface area contributed by atoms with Crippen molar-refractivity contribution in [3.63, 3.8) is 0 Å². The summed E-state index contributed by atoms with van der Waals surface area (Å²) < 4.78 is 0. The summed E-state index contributed by atoms with van der Waals surface area (Å²) in [4.78, 5) is 22.8. The van der Waals surface area contributed by atoms with E-state index in [1.54, 1.807) is 25.1 Å². The van der Waals surface area contributed by atoms with Gasteiger partial charge in [0.2, 0.25) is 5.91 Å². The number of carbonyl (C=O) groups excluding carboxylic acids is 1. The van der Waals surface area contributed by atoms with Crippen LogP contribution >= 0.6 is 0 Å². The highest BCUT2D eigenvalue weighted by atomic mass is 16.4. The van der Waals surface area contributed by atoms with Crippen molar-refractivity contribution in [2.75, 3.05) is 5.32 Å². The van der Waals surface area contributed by atoms with Gasteiger partial charge < -0.3 is 10.4 Å². The van der Waals surface area contributed by atoms with E-state index in [2.05, 4.69) is 5.32 Å². The second-order valence-electron chi connectivity index (χ2n) is 4.76. The molecule has 0 aliphatic rings. The Morgan fingerprint density at radius 3 is 2.36 bits per heavy atom. The fourth-order valence-electron chi connectivity index (χ4n) is 1.95. The molecule has 2 rings (SSSR count). The first-order chi connectivity index (χ1) is 10.6. The van der Waals surface area contributed by atoms with Gasteiger partial charge in [-0.3, -0.25) is 4.79 Å². The number of carboxylic acids is 1. The highest BCUT2D eigenvalue weighted by Gasteiger charge is 2.12. The number of carbonyl (C=O) groups is 2. The molecule has 0 radical (unpaired) electrons. The average molecular weight is 295 g/mol. The molecule has 0 spiro atoms. The van der Waals surface area contributed by atoms with E-state index in [4.69, 9.17) is 0 Å². The van der Waals surface area contributed by atoms with E-state index < -0.39 is 5.97 Å². The highest BCUT2D eigenvalue weighted by Crippen LogP contribution is 2.19. The zero-order valence-electron chi connectivity index (χ0n) is 12.2. The number of amides is 1. The van der Waals surface area contributed by atoms with Gasteiger partial charge in [0.25, 0.3) is 0 Å². The molecule has 112 valence electrons. The predicted molar refractivity (Wildman–Crippen MR) is 87.7 cm³/mol. The molecule has 22 heavy (non-hydrogen) atoms. The number of hydrogen-bond donors (Lipinski definition) is 2. The standard InChI is InChI=1S/C18H17NO3/c1-2-17(20)19-16-11-10-14(12-15(16)18(21)22)9-8-13-6-4-3-5-7-13/h3-12H,2H2,1H3,(H,19,20)(H,21,22)/b9-8+. The van der Waals surface area contributed by atoms with Gasteiger partial charge in [-0.25, -0.2) is 4.79 Å². The third-order valence-corrected chi connectivity index (χ3v) is 3.14. The normalized spacial score (nSPS) is 10.6. The lowest BCUT2D eigenvalue weighted by atomic mass is 10.1. The summed E-state index contributed by atoms with van der Waals surface area (Å²) in [5, 5.41) is 11.9. The van der Waals surface area contributed by atoms with Crippen LogP contribution in [0.2, 0.25) is 0 Å². The SMILES string of the molecule is CCC(=O)Nc1ccc(/C=C/c2ccccc2)cc1C(=O)O. The van der Waals surface area contributed by atoms with Gasteiger partial charge in [-0.05, 0) is 23.3 Å². The minimum atomic E-state index is -1.07. The minimum absolute atomic E-state index is 0.0806. The second kappa shape index (κ2) is 7.22. The van der Waals surface area contributed by atoms with Gasteiger partial charge in [0.05, 0.1) is 11.3 Å². The molecule has 2 N–H and O–H groups in total. The summed E-state index contributed by atoms with van der Waals surface area (Å²) in [6.45, 7) is 1.72. The van der Waals surface area contributed by atoms with Crippen LogP contribution in [-0.2, 0) is 4.79 Å². The third kappa shape index (κ3) is 4.06. The number of hydrogen-bond acceptors (Lipinski definition) is 2. The Bertz CT molecular complexity index is 706. The Hall–Kier alpha value is -2.88. The van der Waals surface area contributed by atoms with Crippen molar-refractivity contribution in [1.29, 1.82) is 0 Å². The van der Waals surface area contributed by atoms with E-state index in [0.717, 1.165) is 11.1 Å². The quantitative estimate of drug-likeness (QED) is 0.822. The van der Waals surface area contributed by atoms with Crippen molar-refractivity contribution in [1.82, 2.24) is 0 Å². The van der Waals surface area contributed by atoms with Crippen molar-refractivity contribution >= 4 is 29.7 Å². The molecule has 0 bridgehead atoms. The zero-order chi connectivity index (χ0) is 15.9. The summed E-state index contributed by atoms with van der Waals surface area (Å²) in [5.74, 6) is -1.28. The van der Waals surface area contributed by atoms with E-state index in [9.17, 15) is 14.7 Å². The van der Waals surface area contributed by atoms with Crippen LogP contribution in [0.4, 0.5) is 5.69 Å². The number of anilines is 1. The molecule has 1 amide bonds. The Balaban J connectivity index is 2.27. The van der Waals surface area contributed by atoms with E-state index >= 15 is 0 Å². The predicted octanol–water partition coefficient (Wildman–Crippen LogP) is 3.90. The second-order valence-corrected chi connectivity index (χ2v) is 4.76. The van der Waals surface area contributed by atoms with Crippen LogP contribution in [0, 0.1) is 0 Å². The minimum Gasteiger partial charge on any atom is -0.478 e. The number of carboxylic acid groups (broad SMARTS) is 1. The monoisotopic (exact) mass is 295 g/mol.